The number of halogens is 1. The molecular formula is C14H14FN3O. The van der Waals surface area contributed by atoms with Gasteiger partial charge in [-0.1, -0.05) is 12.1 Å². The number of piperidine rings is 1. The van der Waals surface area contributed by atoms with Crippen molar-refractivity contribution in [1.82, 2.24) is 14.9 Å². The predicted octanol–water partition coefficient (Wildman–Crippen LogP) is 2.20. The minimum atomic E-state index is -0.785. The third kappa shape index (κ3) is 2.41. The second-order valence-corrected chi connectivity index (χ2v) is 4.71. The third-order valence-corrected chi connectivity index (χ3v) is 3.38. The van der Waals surface area contributed by atoms with Crippen LogP contribution in [-0.2, 0) is 0 Å². The molecule has 1 aliphatic heterocycles. The summed E-state index contributed by atoms with van der Waals surface area (Å²) in [6.45, 7) is 0.906. The van der Waals surface area contributed by atoms with Crippen LogP contribution in [0.2, 0.25) is 0 Å². The van der Waals surface area contributed by atoms with Gasteiger partial charge in [0.1, 0.15) is 11.9 Å². The average molecular weight is 259 g/mol. The van der Waals surface area contributed by atoms with Crippen molar-refractivity contribution in [3.63, 3.8) is 0 Å². The maximum Gasteiger partial charge on any atom is 0.274 e. The number of nitrogens with zero attached hydrogens (tertiary/aromatic N) is 3. The van der Waals surface area contributed by atoms with Crippen molar-refractivity contribution in [3.05, 3.63) is 36.2 Å². The van der Waals surface area contributed by atoms with Gasteiger partial charge in [-0.3, -0.25) is 9.78 Å². The lowest BCUT2D eigenvalue weighted by molar-refractivity contribution is 0.0661. The van der Waals surface area contributed by atoms with E-state index in [4.69, 9.17) is 0 Å². The van der Waals surface area contributed by atoms with Gasteiger partial charge in [0.25, 0.3) is 5.91 Å². The van der Waals surface area contributed by atoms with Crippen LogP contribution in [0.5, 0.6) is 0 Å². The molecule has 0 radical (unpaired) electrons. The number of likely N-dealkylation sites (tertiary alicyclic amines) is 1. The first-order valence-corrected chi connectivity index (χ1v) is 6.39. The molecule has 1 fully saturated rings. The van der Waals surface area contributed by atoms with Crippen LogP contribution in [0.4, 0.5) is 4.39 Å². The summed E-state index contributed by atoms with van der Waals surface area (Å²) in [7, 11) is 0. The first-order valence-electron chi connectivity index (χ1n) is 6.39. The number of amides is 1. The number of carbonyl (C=O) groups excluding carboxylic acids is 1. The molecule has 1 aromatic carbocycles. The van der Waals surface area contributed by atoms with Crippen LogP contribution >= 0.6 is 0 Å². The number of benzene rings is 1. The molecule has 2 heterocycles. The van der Waals surface area contributed by atoms with Crippen molar-refractivity contribution >= 4 is 16.9 Å². The lowest BCUT2D eigenvalue weighted by Gasteiger charge is -2.28. The fraction of sp³-hybridized carbons (Fsp3) is 0.357. The zero-order chi connectivity index (χ0) is 13.2. The summed E-state index contributed by atoms with van der Waals surface area (Å²) in [5, 5.41) is 0. The first-order chi connectivity index (χ1) is 9.24. The van der Waals surface area contributed by atoms with Gasteiger partial charge >= 0.3 is 0 Å². The van der Waals surface area contributed by atoms with Crippen LogP contribution in [-0.4, -0.2) is 40.0 Å². The number of hydrogen-bond acceptors (Lipinski definition) is 3. The van der Waals surface area contributed by atoms with Crippen molar-refractivity contribution < 1.29 is 9.18 Å². The Kier molecular flexibility index (Phi) is 3.11. The molecule has 1 amide bonds. The third-order valence-electron chi connectivity index (χ3n) is 3.38. The highest BCUT2D eigenvalue weighted by atomic mass is 19.1. The molecule has 0 atom stereocenters. The Bertz CT molecular complexity index is 608. The molecule has 1 saturated heterocycles. The maximum absolute atomic E-state index is 13.1. The molecule has 1 aromatic heterocycles. The summed E-state index contributed by atoms with van der Waals surface area (Å²) in [6.07, 6.45) is 1.53. The van der Waals surface area contributed by atoms with E-state index in [0.29, 0.717) is 37.1 Å². The van der Waals surface area contributed by atoms with Crippen LogP contribution in [0.25, 0.3) is 11.0 Å². The SMILES string of the molecule is O=C(c1cnc2ccccc2n1)N1CCC(F)CC1. The van der Waals surface area contributed by atoms with Crippen molar-refractivity contribution in [2.24, 2.45) is 0 Å². The van der Waals surface area contributed by atoms with Crippen molar-refractivity contribution in [3.8, 4) is 0 Å². The lowest BCUT2D eigenvalue weighted by atomic mass is 10.1. The van der Waals surface area contributed by atoms with E-state index in [0.717, 1.165) is 5.52 Å². The second-order valence-electron chi connectivity index (χ2n) is 4.71. The van der Waals surface area contributed by atoms with Crippen LogP contribution in [0, 0.1) is 0 Å². The average Bonchev–Trinajstić information content (AvgIpc) is 2.47. The van der Waals surface area contributed by atoms with Crippen molar-refractivity contribution in [2.45, 2.75) is 19.0 Å². The van der Waals surface area contributed by atoms with Gasteiger partial charge in [0.15, 0.2) is 0 Å². The largest absolute Gasteiger partial charge is 0.337 e. The number of alkyl halides is 1. The summed E-state index contributed by atoms with van der Waals surface area (Å²) in [6, 6.07) is 7.42. The molecule has 0 unspecified atom stereocenters. The molecule has 98 valence electrons. The lowest BCUT2D eigenvalue weighted by Crippen LogP contribution is -2.39. The Balaban J connectivity index is 1.85. The van der Waals surface area contributed by atoms with Crippen LogP contribution in [0.15, 0.2) is 30.5 Å². The number of fused-ring (bicyclic) bond motifs is 1. The van der Waals surface area contributed by atoms with E-state index in [-0.39, 0.29) is 5.91 Å². The monoisotopic (exact) mass is 259 g/mol. The summed E-state index contributed by atoms with van der Waals surface area (Å²) >= 11 is 0. The van der Waals surface area contributed by atoms with Crippen LogP contribution in [0.1, 0.15) is 23.3 Å². The van der Waals surface area contributed by atoms with E-state index in [2.05, 4.69) is 9.97 Å². The summed E-state index contributed by atoms with van der Waals surface area (Å²) in [5.41, 5.74) is 1.80. The van der Waals surface area contributed by atoms with Gasteiger partial charge in [0.05, 0.1) is 17.2 Å². The molecular weight excluding hydrogens is 245 g/mol. The molecule has 1 aliphatic rings. The van der Waals surface area contributed by atoms with Gasteiger partial charge in [0, 0.05) is 13.1 Å². The molecule has 0 saturated carbocycles. The van der Waals surface area contributed by atoms with E-state index in [1.54, 1.807) is 4.90 Å². The van der Waals surface area contributed by atoms with Crippen LogP contribution in [0.3, 0.4) is 0 Å². The Morgan fingerprint density at radius 1 is 1.21 bits per heavy atom. The number of hydrogen-bond donors (Lipinski definition) is 0. The topological polar surface area (TPSA) is 46.1 Å². The zero-order valence-electron chi connectivity index (χ0n) is 10.4. The van der Waals surface area contributed by atoms with Gasteiger partial charge in [-0.15, -0.1) is 0 Å². The highest BCUT2D eigenvalue weighted by Gasteiger charge is 2.24. The van der Waals surface area contributed by atoms with E-state index in [9.17, 15) is 9.18 Å². The van der Waals surface area contributed by atoms with E-state index >= 15 is 0 Å². The van der Waals surface area contributed by atoms with E-state index in [1.807, 2.05) is 24.3 Å². The maximum atomic E-state index is 13.1. The number of para-hydroxylation sites is 2. The van der Waals surface area contributed by atoms with Crippen LogP contribution < -0.4 is 0 Å². The molecule has 0 aliphatic carbocycles. The van der Waals surface area contributed by atoms with Gasteiger partial charge in [0.2, 0.25) is 0 Å². The minimum Gasteiger partial charge on any atom is -0.337 e. The highest BCUT2D eigenvalue weighted by Crippen LogP contribution is 2.16. The highest BCUT2D eigenvalue weighted by molar-refractivity contribution is 5.93. The Morgan fingerprint density at radius 3 is 2.63 bits per heavy atom. The predicted molar refractivity (Wildman–Crippen MR) is 69.6 cm³/mol. The first kappa shape index (κ1) is 12.0. The quantitative estimate of drug-likeness (QED) is 0.788. The Hall–Kier alpha value is -2.04. The summed E-state index contributed by atoms with van der Waals surface area (Å²) in [5.74, 6) is -0.162. The van der Waals surface area contributed by atoms with Crippen molar-refractivity contribution in [2.75, 3.05) is 13.1 Å². The molecule has 19 heavy (non-hydrogen) atoms. The Morgan fingerprint density at radius 2 is 1.89 bits per heavy atom. The van der Waals surface area contributed by atoms with Gasteiger partial charge < -0.3 is 4.90 Å². The Labute approximate surface area is 110 Å². The molecule has 0 spiro atoms. The molecule has 0 N–H and O–H groups in total. The molecule has 2 aromatic rings. The minimum absolute atomic E-state index is 0.162. The van der Waals surface area contributed by atoms with Gasteiger partial charge in [-0.05, 0) is 25.0 Å². The van der Waals surface area contributed by atoms with E-state index in [1.165, 1.54) is 6.20 Å². The smallest absolute Gasteiger partial charge is 0.274 e. The fourth-order valence-corrected chi connectivity index (χ4v) is 2.27. The molecule has 5 heteroatoms. The van der Waals surface area contributed by atoms with Gasteiger partial charge in [-0.2, -0.15) is 0 Å². The molecule has 3 rings (SSSR count). The molecule has 4 nitrogen and oxygen atoms in total. The zero-order valence-corrected chi connectivity index (χ0v) is 10.4. The standard InChI is InChI=1S/C14H14FN3O/c15-10-5-7-18(8-6-10)14(19)13-9-16-11-3-1-2-4-12(11)17-13/h1-4,9-10H,5-8H2. The summed E-state index contributed by atoms with van der Waals surface area (Å²) < 4.78 is 13.1. The normalized spacial score (nSPS) is 16.8. The van der Waals surface area contributed by atoms with E-state index < -0.39 is 6.17 Å². The second kappa shape index (κ2) is 4.91. The molecule has 0 bridgehead atoms. The summed E-state index contributed by atoms with van der Waals surface area (Å²) in [4.78, 5) is 22.4. The van der Waals surface area contributed by atoms with Gasteiger partial charge in [-0.25, -0.2) is 9.37 Å². The number of carbonyl (C=O) groups is 1. The fourth-order valence-electron chi connectivity index (χ4n) is 2.27. The number of aromatic nitrogens is 2. The van der Waals surface area contributed by atoms with Crippen molar-refractivity contribution in [1.29, 1.82) is 0 Å². The number of rotatable bonds is 1.